The molecule has 0 saturated carbocycles. The number of rotatable bonds is 4. The summed E-state index contributed by atoms with van der Waals surface area (Å²) in [4.78, 5) is 13.8. The third-order valence-corrected chi connectivity index (χ3v) is 2.75. The highest BCUT2D eigenvalue weighted by Crippen LogP contribution is 2.08. The number of nitrogens with one attached hydrogen (secondary N) is 1. The summed E-state index contributed by atoms with van der Waals surface area (Å²) in [5.74, 6) is 0.212. The normalized spacial score (nSPS) is 25.1. The molecule has 2 unspecified atom stereocenters. The van der Waals surface area contributed by atoms with Crippen LogP contribution in [0.15, 0.2) is 0 Å². The van der Waals surface area contributed by atoms with E-state index in [0.29, 0.717) is 31.7 Å². The van der Waals surface area contributed by atoms with Gasteiger partial charge in [0.15, 0.2) is 0 Å². The number of carbonyl (C=O) groups excluding carboxylic acids is 1. The van der Waals surface area contributed by atoms with E-state index in [4.69, 9.17) is 4.74 Å². The Balaban J connectivity index is 0.00000225. The highest BCUT2D eigenvalue weighted by molar-refractivity contribution is 5.85. The summed E-state index contributed by atoms with van der Waals surface area (Å²) < 4.78 is 5.19. The van der Waals surface area contributed by atoms with E-state index in [0.717, 1.165) is 13.1 Å². The van der Waals surface area contributed by atoms with Crippen LogP contribution in [0, 0.1) is 0 Å². The first-order valence-electron chi connectivity index (χ1n) is 5.75. The fraction of sp³-hybridized carbons (Fsp3) is 0.909. The lowest BCUT2D eigenvalue weighted by molar-refractivity contribution is -0.135. The van der Waals surface area contributed by atoms with Crippen molar-refractivity contribution >= 4 is 18.3 Å². The van der Waals surface area contributed by atoms with Crippen LogP contribution in [0.2, 0.25) is 0 Å². The lowest BCUT2D eigenvalue weighted by Crippen LogP contribution is -2.56. The van der Waals surface area contributed by atoms with Gasteiger partial charge in [0.2, 0.25) is 5.91 Å². The maximum Gasteiger partial charge on any atom is 0.225 e. The molecule has 96 valence electrons. The Labute approximate surface area is 104 Å². The maximum atomic E-state index is 11.8. The van der Waals surface area contributed by atoms with Gasteiger partial charge in [0.25, 0.3) is 0 Å². The second-order valence-electron chi connectivity index (χ2n) is 4.15. The predicted octanol–water partition coefficient (Wildman–Crippen LogP) is 1.04. The molecule has 1 amide bonds. The third kappa shape index (κ3) is 4.68. The standard InChI is InChI=1S/C11H22N2O2.ClH/c1-4-15-6-5-11(14)13-8-9(2)12-7-10(13)3;/h9-10,12H,4-8H2,1-3H3;1H. The van der Waals surface area contributed by atoms with Gasteiger partial charge in [-0.1, -0.05) is 0 Å². The van der Waals surface area contributed by atoms with E-state index in [9.17, 15) is 4.79 Å². The van der Waals surface area contributed by atoms with Gasteiger partial charge >= 0.3 is 0 Å². The zero-order valence-electron chi connectivity index (χ0n) is 10.4. The van der Waals surface area contributed by atoms with E-state index >= 15 is 0 Å². The zero-order valence-corrected chi connectivity index (χ0v) is 11.2. The van der Waals surface area contributed by atoms with Crippen LogP contribution in [0.5, 0.6) is 0 Å². The van der Waals surface area contributed by atoms with Gasteiger partial charge in [-0.3, -0.25) is 4.79 Å². The molecule has 0 aromatic carbocycles. The van der Waals surface area contributed by atoms with Crippen LogP contribution >= 0.6 is 12.4 Å². The highest BCUT2D eigenvalue weighted by Gasteiger charge is 2.25. The van der Waals surface area contributed by atoms with Gasteiger partial charge in [0, 0.05) is 31.8 Å². The Morgan fingerprint density at radius 3 is 2.81 bits per heavy atom. The van der Waals surface area contributed by atoms with E-state index in [1.807, 2.05) is 11.8 Å². The van der Waals surface area contributed by atoms with E-state index < -0.39 is 0 Å². The number of hydrogen-bond donors (Lipinski definition) is 1. The van der Waals surface area contributed by atoms with Crippen molar-refractivity contribution in [1.29, 1.82) is 0 Å². The fourth-order valence-electron chi connectivity index (χ4n) is 1.82. The number of halogens is 1. The fourth-order valence-corrected chi connectivity index (χ4v) is 1.82. The van der Waals surface area contributed by atoms with Crippen molar-refractivity contribution in [2.24, 2.45) is 0 Å². The van der Waals surface area contributed by atoms with Gasteiger partial charge in [-0.15, -0.1) is 12.4 Å². The molecule has 1 aliphatic heterocycles. The summed E-state index contributed by atoms with van der Waals surface area (Å²) in [5.41, 5.74) is 0. The molecule has 1 saturated heterocycles. The number of amides is 1. The second kappa shape index (κ2) is 7.87. The smallest absolute Gasteiger partial charge is 0.225 e. The molecule has 0 bridgehead atoms. The van der Waals surface area contributed by atoms with Crippen LogP contribution in [-0.2, 0) is 9.53 Å². The second-order valence-corrected chi connectivity index (χ2v) is 4.15. The largest absolute Gasteiger partial charge is 0.381 e. The number of ether oxygens (including phenoxy) is 1. The molecule has 1 heterocycles. The summed E-state index contributed by atoms with van der Waals surface area (Å²) in [7, 11) is 0. The van der Waals surface area contributed by atoms with Crippen LogP contribution < -0.4 is 5.32 Å². The van der Waals surface area contributed by atoms with Crippen LogP contribution in [0.1, 0.15) is 27.2 Å². The van der Waals surface area contributed by atoms with Crippen molar-refractivity contribution in [3.63, 3.8) is 0 Å². The number of piperazine rings is 1. The molecule has 0 aromatic heterocycles. The predicted molar refractivity (Wildman–Crippen MR) is 67.0 cm³/mol. The summed E-state index contributed by atoms with van der Waals surface area (Å²) in [5, 5.41) is 3.36. The van der Waals surface area contributed by atoms with E-state index in [1.54, 1.807) is 0 Å². The van der Waals surface area contributed by atoms with E-state index in [-0.39, 0.29) is 18.3 Å². The first-order chi connectivity index (χ1) is 7.15. The summed E-state index contributed by atoms with van der Waals surface area (Å²) >= 11 is 0. The lowest BCUT2D eigenvalue weighted by atomic mass is 10.1. The van der Waals surface area contributed by atoms with Crippen LogP contribution in [0.3, 0.4) is 0 Å². The summed E-state index contributed by atoms with van der Waals surface area (Å²) in [6.07, 6.45) is 0.505. The summed E-state index contributed by atoms with van der Waals surface area (Å²) in [6.45, 7) is 9.06. The van der Waals surface area contributed by atoms with Gasteiger partial charge in [-0.05, 0) is 20.8 Å². The molecule has 1 rings (SSSR count). The molecular weight excluding hydrogens is 228 g/mol. The molecule has 1 N–H and O–H groups in total. The Morgan fingerprint density at radius 2 is 2.19 bits per heavy atom. The van der Waals surface area contributed by atoms with Crippen LogP contribution in [0.25, 0.3) is 0 Å². The number of nitrogens with zero attached hydrogens (tertiary/aromatic N) is 1. The molecule has 5 heteroatoms. The van der Waals surface area contributed by atoms with Crippen molar-refractivity contribution in [2.75, 3.05) is 26.3 Å². The van der Waals surface area contributed by atoms with Crippen molar-refractivity contribution in [3.8, 4) is 0 Å². The van der Waals surface area contributed by atoms with Crippen LogP contribution in [0.4, 0.5) is 0 Å². The molecule has 1 fully saturated rings. The average Bonchev–Trinajstić information content (AvgIpc) is 2.22. The van der Waals surface area contributed by atoms with Gasteiger partial charge in [-0.2, -0.15) is 0 Å². The van der Waals surface area contributed by atoms with Gasteiger partial charge in [0.05, 0.1) is 13.0 Å². The molecular formula is C11H23ClN2O2. The topological polar surface area (TPSA) is 41.6 Å². The molecule has 0 spiro atoms. The molecule has 2 atom stereocenters. The molecule has 1 aliphatic rings. The monoisotopic (exact) mass is 250 g/mol. The average molecular weight is 251 g/mol. The number of carbonyl (C=O) groups is 1. The Morgan fingerprint density at radius 1 is 1.50 bits per heavy atom. The van der Waals surface area contributed by atoms with Crippen molar-refractivity contribution < 1.29 is 9.53 Å². The number of hydrogen-bond acceptors (Lipinski definition) is 3. The molecule has 16 heavy (non-hydrogen) atoms. The first-order valence-corrected chi connectivity index (χ1v) is 5.75. The van der Waals surface area contributed by atoms with E-state index in [2.05, 4.69) is 19.2 Å². The molecule has 0 radical (unpaired) electrons. The maximum absolute atomic E-state index is 11.8. The lowest BCUT2D eigenvalue weighted by Gasteiger charge is -2.37. The minimum Gasteiger partial charge on any atom is -0.381 e. The minimum absolute atomic E-state index is 0. The Hall–Kier alpha value is -0.320. The van der Waals surface area contributed by atoms with Crippen LogP contribution in [-0.4, -0.2) is 49.2 Å². The Kier molecular flexibility index (Phi) is 7.72. The third-order valence-electron chi connectivity index (χ3n) is 2.75. The molecule has 0 aliphatic carbocycles. The van der Waals surface area contributed by atoms with E-state index in [1.165, 1.54) is 0 Å². The van der Waals surface area contributed by atoms with Crippen molar-refractivity contribution in [3.05, 3.63) is 0 Å². The zero-order chi connectivity index (χ0) is 11.3. The van der Waals surface area contributed by atoms with Gasteiger partial charge < -0.3 is 15.0 Å². The van der Waals surface area contributed by atoms with Gasteiger partial charge in [-0.25, -0.2) is 0 Å². The van der Waals surface area contributed by atoms with Gasteiger partial charge in [0.1, 0.15) is 0 Å². The molecule has 0 aromatic rings. The Bertz CT molecular complexity index is 214. The highest BCUT2D eigenvalue weighted by atomic mass is 35.5. The summed E-state index contributed by atoms with van der Waals surface area (Å²) in [6, 6.07) is 0.701. The minimum atomic E-state index is 0. The molecule has 4 nitrogen and oxygen atoms in total. The first kappa shape index (κ1) is 15.7. The quantitative estimate of drug-likeness (QED) is 0.759. The van der Waals surface area contributed by atoms with Crippen molar-refractivity contribution in [2.45, 2.75) is 39.3 Å². The van der Waals surface area contributed by atoms with Crippen molar-refractivity contribution in [1.82, 2.24) is 10.2 Å². The SMILES string of the molecule is CCOCCC(=O)N1CC(C)NCC1C.Cl.